The Morgan fingerprint density at radius 1 is 1.67 bits per heavy atom. The molecule has 5 nitrogen and oxygen atoms in total. The van der Waals surface area contributed by atoms with E-state index in [0.717, 1.165) is 23.8 Å². The molecule has 0 aromatic carbocycles. The Balaban J connectivity index is 1.95. The van der Waals surface area contributed by atoms with Crippen LogP contribution in [0.25, 0.3) is 0 Å². The molecule has 1 aromatic rings. The van der Waals surface area contributed by atoms with E-state index in [-0.39, 0.29) is 6.04 Å². The van der Waals surface area contributed by atoms with Crippen LogP contribution >= 0.6 is 0 Å². The molecule has 0 saturated heterocycles. The maximum absolute atomic E-state index is 4.78. The summed E-state index contributed by atoms with van der Waals surface area (Å²) in [5.41, 5.74) is 1.96. The third kappa shape index (κ3) is 2.37. The average Bonchev–Trinajstić information content (AvgIpc) is 2.74. The number of nitrogens with one attached hydrogen (secondary N) is 2. The second kappa shape index (κ2) is 4.16. The Morgan fingerprint density at radius 2 is 2.53 bits per heavy atom. The molecule has 1 atom stereocenters. The summed E-state index contributed by atoms with van der Waals surface area (Å²) in [5, 5.41) is 10.2. The van der Waals surface area contributed by atoms with Crippen molar-refractivity contribution in [1.29, 1.82) is 0 Å². The molecular formula is C10H14N4O. The van der Waals surface area contributed by atoms with Gasteiger partial charge in [0.1, 0.15) is 12.0 Å². The summed E-state index contributed by atoms with van der Waals surface area (Å²) in [6.45, 7) is 7.31. The van der Waals surface area contributed by atoms with Gasteiger partial charge in [-0.05, 0) is 12.5 Å². The summed E-state index contributed by atoms with van der Waals surface area (Å²) in [6.07, 6.45) is 1.56. The molecule has 5 heteroatoms. The fraction of sp³-hybridized carbons (Fsp3) is 0.400. The molecule has 15 heavy (non-hydrogen) atoms. The normalized spacial score (nSPS) is 17.9. The van der Waals surface area contributed by atoms with E-state index in [2.05, 4.69) is 27.4 Å². The first-order chi connectivity index (χ1) is 7.25. The smallest absolute Gasteiger partial charge is 0.192 e. The first kappa shape index (κ1) is 9.76. The fourth-order valence-corrected chi connectivity index (χ4v) is 1.33. The van der Waals surface area contributed by atoms with Gasteiger partial charge in [-0.15, -0.1) is 0 Å². The molecule has 1 aromatic heterocycles. The van der Waals surface area contributed by atoms with Crippen LogP contribution in [-0.2, 0) is 0 Å². The van der Waals surface area contributed by atoms with Crippen molar-refractivity contribution in [1.82, 2.24) is 15.8 Å². The van der Waals surface area contributed by atoms with Gasteiger partial charge in [0.05, 0.1) is 12.6 Å². The van der Waals surface area contributed by atoms with Crippen LogP contribution in [0.1, 0.15) is 18.7 Å². The fourth-order valence-electron chi connectivity index (χ4n) is 1.33. The quantitative estimate of drug-likeness (QED) is 0.704. The van der Waals surface area contributed by atoms with Crippen molar-refractivity contribution < 1.29 is 4.52 Å². The van der Waals surface area contributed by atoms with E-state index in [1.807, 2.05) is 13.0 Å². The van der Waals surface area contributed by atoms with Crippen LogP contribution in [0.5, 0.6) is 0 Å². The molecule has 2 heterocycles. The molecule has 1 aliphatic rings. The van der Waals surface area contributed by atoms with Crippen LogP contribution in [0.15, 0.2) is 34.0 Å². The SMILES string of the molecule is C=C1CN=C(NC(C)c2ccon2)NC1. The van der Waals surface area contributed by atoms with Gasteiger partial charge >= 0.3 is 0 Å². The van der Waals surface area contributed by atoms with Crippen LogP contribution in [0.3, 0.4) is 0 Å². The van der Waals surface area contributed by atoms with E-state index >= 15 is 0 Å². The van der Waals surface area contributed by atoms with Crippen molar-refractivity contribution in [3.63, 3.8) is 0 Å². The van der Waals surface area contributed by atoms with E-state index in [9.17, 15) is 0 Å². The van der Waals surface area contributed by atoms with E-state index in [1.54, 1.807) is 6.26 Å². The topological polar surface area (TPSA) is 62.5 Å². The minimum atomic E-state index is 0.0846. The lowest BCUT2D eigenvalue weighted by atomic mass is 10.2. The Hall–Kier alpha value is -1.78. The Labute approximate surface area is 88.3 Å². The Kier molecular flexibility index (Phi) is 2.71. The predicted octanol–water partition coefficient (Wildman–Crippen LogP) is 0.841. The largest absolute Gasteiger partial charge is 0.364 e. The monoisotopic (exact) mass is 206 g/mol. The average molecular weight is 206 g/mol. The second-order valence-corrected chi connectivity index (χ2v) is 3.56. The third-order valence-corrected chi connectivity index (χ3v) is 2.22. The number of hydrogen-bond acceptors (Lipinski definition) is 5. The lowest BCUT2D eigenvalue weighted by Crippen LogP contribution is -2.42. The number of hydrogen-bond donors (Lipinski definition) is 2. The summed E-state index contributed by atoms with van der Waals surface area (Å²) < 4.78 is 4.78. The summed E-state index contributed by atoms with van der Waals surface area (Å²) in [7, 11) is 0. The van der Waals surface area contributed by atoms with Gasteiger partial charge in [-0.3, -0.25) is 0 Å². The van der Waals surface area contributed by atoms with Crippen LogP contribution in [0.2, 0.25) is 0 Å². The van der Waals surface area contributed by atoms with E-state index in [0.29, 0.717) is 6.54 Å². The van der Waals surface area contributed by atoms with Gasteiger partial charge in [0.15, 0.2) is 5.96 Å². The highest BCUT2D eigenvalue weighted by molar-refractivity contribution is 5.81. The molecule has 0 spiro atoms. The maximum Gasteiger partial charge on any atom is 0.192 e. The minimum absolute atomic E-state index is 0.0846. The van der Waals surface area contributed by atoms with E-state index in [4.69, 9.17) is 4.52 Å². The lowest BCUT2D eigenvalue weighted by Gasteiger charge is -2.20. The molecule has 0 saturated carbocycles. The first-order valence-corrected chi connectivity index (χ1v) is 4.87. The van der Waals surface area contributed by atoms with Crippen molar-refractivity contribution in [2.45, 2.75) is 13.0 Å². The highest BCUT2D eigenvalue weighted by atomic mass is 16.5. The summed E-state index contributed by atoms with van der Waals surface area (Å²) in [4.78, 5) is 4.30. The van der Waals surface area contributed by atoms with Gasteiger partial charge in [-0.25, -0.2) is 4.99 Å². The molecule has 0 bridgehead atoms. The molecular weight excluding hydrogens is 192 g/mol. The van der Waals surface area contributed by atoms with Crippen molar-refractivity contribution in [2.24, 2.45) is 4.99 Å². The van der Waals surface area contributed by atoms with Crippen molar-refractivity contribution in [2.75, 3.05) is 13.1 Å². The van der Waals surface area contributed by atoms with Crippen LogP contribution in [0, 0.1) is 0 Å². The lowest BCUT2D eigenvalue weighted by molar-refractivity contribution is 0.404. The molecule has 1 unspecified atom stereocenters. The van der Waals surface area contributed by atoms with E-state index in [1.165, 1.54) is 0 Å². The molecule has 0 radical (unpaired) electrons. The first-order valence-electron chi connectivity index (χ1n) is 4.87. The number of rotatable bonds is 2. The van der Waals surface area contributed by atoms with Gasteiger partial charge in [-0.1, -0.05) is 11.7 Å². The van der Waals surface area contributed by atoms with Crippen molar-refractivity contribution in [3.05, 3.63) is 30.2 Å². The zero-order valence-corrected chi connectivity index (χ0v) is 8.66. The highest BCUT2D eigenvalue weighted by Gasteiger charge is 2.12. The molecule has 0 fully saturated rings. The minimum Gasteiger partial charge on any atom is -0.364 e. The van der Waals surface area contributed by atoms with Gasteiger partial charge in [0.25, 0.3) is 0 Å². The highest BCUT2D eigenvalue weighted by Crippen LogP contribution is 2.08. The summed E-state index contributed by atoms with van der Waals surface area (Å²) in [6, 6.07) is 1.92. The molecule has 2 N–H and O–H groups in total. The standard InChI is InChI=1S/C10H14N4O/c1-7-5-11-10(12-6-7)13-8(2)9-3-4-15-14-9/h3-4,8H,1,5-6H2,2H3,(H2,11,12,13). The molecule has 1 aliphatic heterocycles. The molecule has 2 rings (SSSR count). The van der Waals surface area contributed by atoms with Crippen molar-refractivity contribution >= 4 is 5.96 Å². The Morgan fingerprint density at radius 3 is 3.13 bits per heavy atom. The van der Waals surface area contributed by atoms with Gasteiger partial charge in [0.2, 0.25) is 0 Å². The van der Waals surface area contributed by atoms with Gasteiger partial charge in [-0.2, -0.15) is 0 Å². The van der Waals surface area contributed by atoms with E-state index < -0.39 is 0 Å². The molecule has 0 amide bonds. The third-order valence-electron chi connectivity index (χ3n) is 2.22. The number of aromatic nitrogens is 1. The predicted molar refractivity (Wildman–Crippen MR) is 57.5 cm³/mol. The molecule has 80 valence electrons. The molecule has 0 aliphatic carbocycles. The number of nitrogens with zero attached hydrogens (tertiary/aromatic N) is 2. The van der Waals surface area contributed by atoms with Crippen molar-refractivity contribution in [3.8, 4) is 0 Å². The summed E-state index contributed by atoms with van der Waals surface area (Å²) >= 11 is 0. The Bertz CT molecular complexity index is 369. The van der Waals surface area contributed by atoms with Gasteiger partial charge < -0.3 is 15.2 Å². The number of guanidine groups is 1. The van der Waals surface area contributed by atoms with Crippen LogP contribution < -0.4 is 10.6 Å². The van der Waals surface area contributed by atoms with Gasteiger partial charge in [0, 0.05) is 12.6 Å². The number of aliphatic imine (C=N–C) groups is 1. The van der Waals surface area contributed by atoms with Crippen LogP contribution in [0.4, 0.5) is 0 Å². The maximum atomic E-state index is 4.78. The second-order valence-electron chi connectivity index (χ2n) is 3.56. The zero-order chi connectivity index (χ0) is 10.7. The summed E-state index contributed by atoms with van der Waals surface area (Å²) in [5.74, 6) is 0.790. The zero-order valence-electron chi connectivity index (χ0n) is 8.66. The van der Waals surface area contributed by atoms with Crippen LogP contribution in [-0.4, -0.2) is 24.2 Å².